The quantitative estimate of drug-likeness (QED) is 0.552. The molecule has 1 unspecified atom stereocenters. The Kier molecular flexibility index (Phi) is 6.20. The lowest BCUT2D eigenvalue weighted by Crippen LogP contribution is -2.26. The fraction of sp³-hybridized carbons (Fsp3) is 0.750. The molecule has 0 amide bonds. The molecule has 6 nitrogen and oxygen atoms in total. The summed E-state index contributed by atoms with van der Waals surface area (Å²) in [5, 5.41) is 8.65. The average molecular weight is 292 g/mol. The van der Waals surface area contributed by atoms with E-state index in [4.69, 9.17) is 14.4 Å². The zero-order chi connectivity index (χ0) is 14.5. The smallest absolute Gasteiger partial charge is 0.333 e. The summed E-state index contributed by atoms with van der Waals surface area (Å²) in [6.07, 6.45) is 2.30. The molecule has 0 saturated heterocycles. The predicted molar refractivity (Wildman–Crippen MR) is 70.2 cm³/mol. The van der Waals surface area contributed by atoms with Crippen LogP contribution < -0.4 is 0 Å². The van der Waals surface area contributed by atoms with E-state index in [1.54, 1.807) is 6.92 Å². The Morgan fingerprint density at radius 2 is 1.95 bits per heavy atom. The Labute approximate surface area is 112 Å². The van der Waals surface area contributed by atoms with Gasteiger partial charge in [0.1, 0.15) is 0 Å². The lowest BCUT2D eigenvalue weighted by atomic mass is 9.97. The van der Waals surface area contributed by atoms with E-state index in [0.717, 1.165) is 0 Å². The number of rotatable bonds is 7. The number of hydrogen-bond donors (Lipinski definition) is 2. The van der Waals surface area contributed by atoms with Crippen LogP contribution >= 0.6 is 7.60 Å². The molecule has 1 rings (SSSR count). The maximum Gasteiger partial charge on any atom is 0.333 e. The van der Waals surface area contributed by atoms with Gasteiger partial charge < -0.3 is 19.3 Å². The van der Waals surface area contributed by atoms with E-state index in [2.05, 4.69) is 6.58 Å². The average Bonchev–Trinajstić information content (AvgIpc) is 2.36. The van der Waals surface area contributed by atoms with Crippen molar-refractivity contribution in [2.24, 2.45) is 0 Å². The largest absolute Gasteiger partial charge is 0.478 e. The fourth-order valence-electron chi connectivity index (χ4n) is 2.11. The van der Waals surface area contributed by atoms with Crippen LogP contribution in [0.1, 0.15) is 32.6 Å². The van der Waals surface area contributed by atoms with Crippen LogP contribution in [0.15, 0.2) is 12.2 Å². The summed E-state index contributed by atoms with van der Waals surface area (Å²) in [5.74, 6) is -1.06. The van der Waals surface area contributed by atoms with Gasteiger partial charge in [-0.05, 0) is 32.6 Å². The van der Waals surface area contributed by atoms with Crippen LogP contribution in [0, 0.1) is 0 Å². The Hall–Kier alpha value is -0.680. The van der Waals surface area contributed by atoms with E-state index < -0.39 is 13.6 Å². The second-order valence-electron chi connectivity index (χ2n) is 4.63. The summed E-state index contributed by atoms with van der Waals surface area (Å²) in [4.78, 5) is 20.3. The van der Waals surface area contributed by atoms with Crippen LogP contribution in [-0.4, -0.2) is 40.9 Å². The zero-order valence-corrected chi connectivity index (χ0v) is 12.0. The third-order valence-corrected chi connectivity index (χ3v) is 5.28. The SMILES string of the molecule is C=C(COC1CCC(P(=O)(O)OCC)CC1)C(=O)O. The summed E-state index contributed by atoms with van der Waals surface area (Å²) in [5.41, 5.74) is -0.320. The maximum atomic E-state index is 11.8. The van der Waals surface area contributed by atoms with Gasteiger partial charge in [0.05, 0.1) is 30.5 Å². The Bertz CT molecular complexity index is 372. The van der Waals surface area contributed by atoms with E-state index in [-0.39, 0.29) is 30.5 Å². The molecule has 0 aromatic carbocycles. The van der Waals surface area contributed by atoms with E-state index >= 15 is 0 Å². The molecule has 1 fully saturated rings. The first-order chi connectivity index (χ1) is 8.86. The van der Waals surface area contributed by atoms with Crippen molar-refractivity contribution in [1.29, 1.82) is 0 Å². The van der Waals surface area contributed by atoms with Gasteiger partial charge in [-0.3, -0.25) is 4.57 Å². The van der Waals surface area contributed by atoms with Crippen molar-refractivity contribution in [2.45, 2.75) is 44.4 Å². The summed E-state index contributed by atoms with van der Waals surface area (Å²) < 4.78 is 22.2. The minimum atomic E-state index is -3.52. The number of carbonyl (C=O) groups is 1. The van der Waals surface area contributed by atoms with E-state index in [0.29, 0.717) is 25.7 Å². The molecule has 7 heteroatoms. The molecule has 110 valence electrons. The van der Waals surface area contributed by atoms with Gasteiger partial charge in [-0.2, -0.15) is 0 Å². The highest BCUT2D eigenvalue weighted by Crippen LogP contribution is 2.52. The highest BCUT2D eigenvalue weighted by Gasteiger charge is 2.35. The minimum absolute atomic E-state index is 0.00703. The molecule has 0 spiro atoms. The number of aliphatic carboxylic acids is 1. The standard InChI is InChI=1S/C12H21O6P/c1-3-18-19(15,16)11-6-4-10(5-7-11)17-8-9(2)12(13)14/h10-11H,2-8H2,1H3,(H,13,14)(H,15,16). The van der Waals surface area contributed by atoms with Crippen molar-refractivity contribution in [2.75, 3.05) is 13.2 Å². The summed E-state index contributed by atoms with van der Waals surface area (Å²) in [6, 6.07) is 0. The first kappa shape index (κ1) is 16.4. The van der Waals surface area contributed by atoms with Crippen LogP contribution in [0.4, 0.5) is 0 Å². The topological polar surface area (TPSA) is 93.1 Å². The van der Waals surface area contributed by atoms with Crippen LogP contribution in [0.5, 0.6) is 0 Å². The third kappa shape index (κ3) is 5.07. The molecular formula is C12H21O6P. The molecular weight excluding hydrogens is 271 g/mol. The highest BCUT2D eigenvalue weighted by atomic mass is 31.2. The van der Waals surface area contributed by atoms with Crippen molar-refractivity contribution in [3.63, 3.8) is 0 Å². The summed E-state index contributed by atoms with van der Waals surface area (Å²) in [6.45, 7) is 5.30. The Morgan fingerprint density at radius 1 is 1.37 bits per heavy atom. The minimum Gasteiger partial charge on any atom is -0.478 e. The highest BCUT2D eigenvalue weighted by molar-refractivity contribution is 7.53. The van der Waals surface area contributed by atoms with Crippen molar-refractivity contribution in [3.05, 3.63) is 12.2 Å². The molecule has 1 saturated carbocycles. The van der Waals surface area contributed by atoms with Gasteiger partial charge in [0.15, 0.2) is 0 Å². The molecule has 0 aromatic rings. The number of carboxylic acids is 1. The Morgan fingerprint density at radius 3 is 2.42 bits per heavy atom. The molecule has 0 aliphatic heterocycles. The lowest BCUT2D eigenvalue weighted by Gasteiger charge is -2.30. The van der Waals surface area contributed by atoms with Gasteiger partial charge in [-0.15, -0.1) is 0 Å². The van der Waals surface area contributed by atoms with Crippen LogP contribution in [0.3, 0.4) is 0 Å². The second-order valence-corrected chi connectivity index (χ2v) is 6.75. The second kappa shape index (κ2) is 7.20. The van der Waals surface area contributed by atoms with Crippen LogP contribution in [0.2, 0.25) is 0 Å². The number of carboxylic acid groups (broad SMARTS) is 1. The van der Waals surface area contributed by atoms with Gasteiger partial charge in [0.2, 0.25) is 0 Å². The zero-order valence-electron chi connectivity index (χ0n) is 11.1. The Balaban J connectivity index is 2.35. The maximum absolute atomic E-state index is 11.8. The molecule has 0 heterocycles. The lowest BCUT2D eigenvalue weighted by molar-refractivity contribution is -0.133. The molecule has 0 aromatic heterocycles. The predicted octanol–water partition coefficient (Wildman–Crippen LogP) is 2.18. The van der Waals surface area contributed by atoms with E-state index in [9.17, 15) is 14.3 Å². The van der Waals surface area contributed by atoms with Gasteiger partial charge >= 0.3 is 13.6 Å². The van der Waals surface area contributed by atoms with Crippen molar-refractivity contribution in [1.82, 2.24) is 0 Å². The van der Waals surface area contributed by atoms with E-state index in [1.807, 2.05) is 0 Å². The van der Waals surface area contributed by atoms with Crippen LogP contribution in [-0.2, 0) is 18.6 Å². The van der Waals surface area contributed by atoms with Gasteiger partial charge in [0.25, 0.3) is 0 Å². The molecule has 0 radical (unpaired) electrons. The van der Waals surface area contributed by atoms with Crippen molar-refractivity contribution >= 4 is 13.6 Å². The van der Waals surface area contributed by atoms with Crippen molar-refractivity contribution in [3.8, 4) is 0 Å². The van der Waals surface area contributed by atoms with Crippen LogP contribution in [0.25, 0.3) is 0 Å². The summed E-state index contributed by atoms with van der Waals surface area (Å²) >= 11 is 0. The molecule has 2 N–H and O–H groups in total. The van der Waals surface area contributed by atoms with Gasteiger partial charge in [0, 0.05) is 0 Å². The van der Waals surface area contributed by atoms with Gasteiger partial charge in [-0.25, -0.2) is 4.79 Å². The first-order valence-electron chi connectivity index (χ1n) is 6.36. The van der Waals surface area contributed by atoms with Gasteiger partial charge in [-0.1, -0.05) is 6.58 Å². The monoisotopic (exact) mass is 292 g/mol. The fourth-order valence-corrected chi connectivity index (χ4v) is 3.64. The first-order valence-corrected chi connectivity index (χ1v) is 8.01. The normalized spacial score (nSPS) is 26.6. The molecule has 19 heavy (non-hydrogen) atoms. The van der Waals surface area contributed by atoms with Crippen molar-refractivity contribution < 1.29 is 28.6 Å². The summed E-state index contributed by atoms with van der Waals surface area (Å²) in [7, 11) is -3.52. The number of hydrogen-bond acceptors (Lipinski definition) is 4. The molecule has 0 bridgehead atoms. The van der Waals surface area contributed by atoms with E-state index in [1.165, 1.54) is 0 Å². The number of ether oxygens (including phenoxy) is 1. The molecule has 1 aliphatic carbocycles. The molecule has 1 aliphatic rings. The molecule has 1 atom stereocenters. The third-order valence-electron chi connectivity index (χ3n) is 3.21.